The van der Waals surface area contributed by atoms with Crippen molar-refractivity contribution in [3.63, 3.8) is 0 Å². The summed E-state index contributed by atoms with van der Waals surface area (Å²) in [7, 11) is -3.20. The van der Waals surface area contributed by atoms with Crippen LogP contribution in [-0.2, 0) is 10.0 Å². The number of hydrogen-bond acceptors (Lipinski definition) is 2. The van der Waals surface area contributed by atoms with Gasteiger partial charge in [0.2, 0.25) is 10.0 Å². The summed E-state index contributed by atoms with van der Waals surface area (Å²) in [4.78, 5) is 0. The van der Waals surface area contributed by atoms with Crippen LogP contribution < -0.4 is 0 Å². The number of benzene rings is 1. The van der Waals surface area contributed by atoms with Gasteiger partial charge in [-0.15, -0.1) is 0 Å². The first-order valence-corrected chi connectivity index (χ1v) is 8.46. The van der Waals surface area contributed by atoms with Crippen LogP contribution in [0.4, 0.5) is 0 Å². The quantitative estimate of drug-likeness (QED) is 0.794. The number of alkyl halides is 1. The van der Waals surface area contributed by atoms with E-state index >= 15 is 0 Å². The molecule has 94 valence electrons. The van der Waals surface area contributed by atoms with Gasteiger partial charge in [0.15, 0.2) is 0 Å². The summed E-state index contributed by atoms with van der Waals surface area (Å²) in [5.41, 5.74) is 0.972. The zero-order chi connectivity index (χ0) is 12.5. The lowest BCUT2D eigenvalue weighted by Crippen LogP contribution is -2.31. The van der Waals surface area contributed by atoms with Crippen molar-refractivity contribution in [1.29, 1.82) is 0 Å². The number of halogens is 2. The fourth-order valence-corrected chi connectivity index (χ4v) is 4.32. The Labute approximate surface area is 115 Å². The Morgan fingerprint density at radius 3 is 2.88 bits per heavy atom. The van der Waals surface area contributed by atoms with Crippen LogP contribution in [0.1, 0.15) is 24.4 Å². The third-order valence-corrected chi connectivity index (χ3v) is 6.33. The summed E-state index contributed by atoms with van der Waals surface area (Å²) in [5.74, 6) is 0. The minimum atomic E-state index is -3.20. The SMILES string of the molecule is O=S(=O)(CBr)N1CCCC1c1cccc(Cl)c1. The largest absolute Gasteiger partial charge is 0.224 e. The van der Waals surface area contributed by atoms with Gasteiger partial charge in [0.05, 0.1) is 0 Å². The highest BCUT2D eigenvalue weighted by Gasteiger charge is 2.34. The Bertz CT molecular complexity index is 506. The third-order valence-electron chi connectivity index (χ3n) is 2.93. The first kappa shape index (κ1) is 13.3. The van der Waals surface area contributed by atoms with Gasteiger partial charge in [-0.25, -0.2) is 8.42 Å². The number of sulfonamides is 1. The van der Waals surface area contributed by atoms with Crippen LogP contribution in [0.5, 0.6) is 0 Å². The summed E-state index contributed by atoms with van der Waals surface area (Å²) in [5, 5.41) is 0.644. The van der Waals surface area contributed by atoms with Crippen LogP contribution in [-0.4, -0.2) is 23.9 Å². The van der Waals surface area contributed by atoms with E-state index in [4.69, 9.17) is 11.6 Å². The molecule has 0 bridgehead atoms. The van der Waals surface area contributed by atoms with Crippen LogP contribution in [0.15, 0.2) is 24.3 Å². The maximum Gasteiger partial charge on any atom is 0.224 e. The molecule has 0 N–H and O–H groups in total. The molecular weight excluding hydrogens is 326 g/mol. The van der Waals surface area contributed by atoms with Gasteiger partial charge in [-0.05, 0) is 30.5 Å². The molecule has 1 unspecified atom stereocenters. The molecule has 0 spiro atoms. The second-order valence-corrected chi connectivity index (χ2v) is 7.71. The maximum atomic E-state index is 11.9. The molecule has 17 heavy (non-hydrogen) atoms. The van der Waals surface area contributed by atoms with E-state index in [0.29, 0.717) is 11.6 Å². The summed E-state index contributed by atoms with van der Waals surface area (Å²) in [6.07, 6.45) is 1.75. The lowest BCUT2D eigenvalue weighted by molar-refractivity contribution is 0.400. The highest BCUT2D eigenvalue weighted by molar-refractivity contribution is 9.10. The normalized spacial score (nSPS) is 21.9. The van der Waals surface area contributed by atoms with Crippen molar-refractivity contribution in [2.45, 2.75) is 18.9 Å². The number of rotatable bonds is 3. The maximum absolute atomic E-state index is 11.9. The molecule has 1 aromatic carbocycles. The molecule has 0 radical (unpaired) electrons. The van der Waals surface area contributed by atoms with Crippen molar-refractivity contribution in [1.82, 2.24) is 4.31 Å². The van der Waals surface area contributed by atoms with Gasteiger partial charge in [0.1, 0.15) is 4.66 Å². The van der Waals surface area contributed by atoms with Gasteiger partial charge in [-0.1, -0.05) is 39.7 Å². The first-order chi connectivity index (χ1) is 8.04. The number of nitrogens with zero attached hydrogens (tertiary/aromatic N) is 1. The molecule has 1 fully saturated rings. The molecule has 0 saturated carbocycles. The van der Waals surface area contributed by atoms with Crippen molar-refractivity contribution >= 4 is 37.6 Å². The Morgan fingerprint density at radius 1 is 1.47 bits per heavy atom. The van der Waals surface area contributed by atoms with Gasteiger partial charge in [0, 0.05) is 17.6 Å². The van der Waals surface area contributed by atoms with E-state index in [0.717, 1.165) is 18.4 Å². The molecule has 1 saturated heterocycles. The molecule has 6 heteroatoms. The smallest absolute Gasteiger partial charge is 0.211 e. The molecule has 1 heterocycles. The predicted octanol–water partition coefficient (Wildman–Crippen LogP) is 3.16. The lowest BCUT2D eigenvalue weighted by atomic mass is 10.1. The molecule has 1 aliphatic heterocycles. The molecule has 0 amide bonds. The molecule has 1 aromatic rings. The molecule has 2 rings (SSSR count). The molecule has 3 nitrogen and oxygen atoms in total. The van der Waals surface area contributed by atoms with Crippen LogP contribution in [0, 0.1) is 0 Å². The van der Waals surface area contributed by atoms with Crippen LogP contribution in [0.2, 0.25) is 5.02 Å². The van der Waals surface area contributed by atoms with E-state index in [1.54, 1.807) is 10.4 Å². The minimum absolute atomic E-state index is 0.0307. The van der Waals surface area contributed by atoms with Gasteiger partial charge in [0.25, 0.3) is 0 Å². The van der Waals surface area contributed by atoms with Crippen molar-refractivity contribution in [2.24, 2.45) is 0 Å². The van der Waals surface area contributed by atoms with E-state index < -0.39 is 10.0 Å². The van der Waals surface area contributed by atoms with Gasteiger partial charge >= 0.3 is 0 Å². The van der Waals surface area contributed by atoms with Crippen molar-refractivity contribution in [2.75, 3.05) is 11.2 Å². The van der Waals surface area contributed by atoms with Crippen molar-refractivity contribution in [3.05, 3.63) is 34.9 Å². The Hall–Kier alpha value is -0.100. The molecule has 0 aliphatic carbocycles. The average molecular weight is 339 g/mol. The first-order valence-electron chi connectivity index (χ1n) is 5.35. The Morgan fingerprint density at radius 2 is 2.24 bits per heavy atom. The Kier molecular flexibility index (Phi) is 4.13. The molecule has 1 aliphatic rings. The van der Waals surface area contributed by atoms with E-state index in [9.17, 15) is 8.42 Å². The second kappa shape index (κ2) is 5.26. The zero-order valence-electron chi connectivity index (χ0n) is 9.14. The summed E-state index contributed by atoms with van der Waals surface area (Å²) in [6, 6.07) is 7.35. The van der Waals surface area contributed by atoms with Gasteiger partial charge in [-0.3, -0.25) is 0 Å². The summed E-state index contributed by atoms with van der Waals surface area (Å²) < 4.78 is 25.4. The van der Waals surface area contributed by atoms with E-state index in [2.05, 4.69) is 15.9 Å². The van der Waals surface area contributed by atoms with E-state index in [1.807, 2.05) is 18.2 Å². The summed E-state index contributed by atoms with van der Waals surface area (Å²) in [6.45, 7) is 0.588. The van der Waals surface area contributed by atoms with E-state index in [1.165, 1.54) is 0 Å². The fraction of sp³-hybridized carbons (Fsp3) is 0.455. The monoisotopic (exact) mass is 337 g/mol. The van der Waals surface area contributed by atoms with Crippen LogP contribution in [0.25, 0.3) is 0 Å². The standard InChI is InChI=1S/C11H13BrClNO2S/c12-8-17(15,16)14-6-2-5-11(14)9-3-1-4-10(13)7-9/h1,3-4,7,11H,2,5-6,8H2. The van der Waals surface area contributed by atoms with Gasteiger partial charge in [-0.2, -0.15) is 4.31 Å². The van der Waals surface area contributed by atoms with Crippen molar-refractivity contribution in [3.8, 4) is 0 Å². The molecule has 0 aromatic heterocycles. The fourth-order valence-electron chi connectivity index (χ4n) is 2.18. The third kappa shape index (κ3) is 2.84. The highest BCUT2D eigenvalue weighted by atomic mass is 79.9. The molecule has 1 atom stereocenters. The molecular formula is C11H13BrClNO2S. The summed E-state index contributed by atoms with van der Waals surface area (Å²) >= 11 is 8.98. The minimum Gasteiger partial charge on any atom is -0.211 e. The van der Waals surface area contributed by atoms with Crippen LogP contribution >= 0.6 is 27.5 Å². The van der Waals surface area contributed by atoms with Crippen LogP contribution in [0.3, 0.4) is 0 Å². The van der Waals surface area contributed by atoms with Crippen molar-refractivity contribution < 1.29 is 8.42 Å². The van der Waals surface area contributed by atoms with E-state index in [-0.39, 0.29) is 10.7 Å². The predicted molar refractivity (Wildman–Crippen MR) is 72.8 cm³/mol. The topological polar surface area (TPSA) is 37.4 Å². The Balaban J connectivity index is 2.32. The lowest BCUT2D eigenvalue weighted by Gasteiger charge is -2.23. The second-order valence-electron chi connectivity index (χ2n) is 4.04. The average Bonchev–Trinajstić information content (AvgIpc) is 2.78. The van der Waals surface area contributed by atoms with Gasteiger partial charge < -0.3 is 0 Å². The highest BCUT2D eigenvalue weighted by Crippen LogP contribution is 2.35. The number of hydrogen-bond donors (Lipinski definition) is 0. The zero-order valence-corrected chi connectivity index (χ0v) is 12.3.